The van der Waals surface area contributed by atoms with Crippen LogP contribution in [-0.4, -0.2) is 25.3 Å². The van der Waals surface area contributed by atoms with Gasteiger partial charge >= 0.3 is 0 Å². The van der Waals surface area contributed by atoms with E-state index in [2.05, 4.69) is 15.5 Å². The second-order valence-corrected chi connectivity index (χ2v) is 6.94. The third kappa shape index (κ3) is 3.00. The molecule has 2 aromatic heterocycles. The minimum atomic E-state index is -0.276. The number of benzene rings is 1. The molecule has 1 aliphatic rings. The van der Waals surface area contributed by atoms with Crippen LogP contribution in [0.2, 0.25) is 0 Å². The summed E-state index contributed by atoms with van der Waals surface area (Å²) in [6, 6.07) is 5.84. The zero-order valence-corrected chi connectivity index (χ0v) is 15.0. The molecule has 3 aromatic rings. The van der Waals surface area contributed by atoms with Crippen molar-refractivity contribution >= 4 is 17.1 Å². The summed E-state index contributed by atoms with van der Waals surface area (Å²) in [6.45, 7) is 3.83. The summed E-state index contributed by atoms with van der Waals surface area (Å²) in [6.07, 6.45) is 5.41. The van der Waals surface area contributed by atoms with Crippen LogP contribution in [0.1, 0.15) is 35.2 Å². The largest absolute Gasteiger partial charge is 0.324 e. The molecule has 7 nitrogen and oxygen atoms in total. The molecule has 0 spiro atoms. The van der Waals surface area contributed by atoms with Crippen molar-refractivity contribution in [2.75, 3.05) is 5.32 Å². The van der Waals surface area contributed by atoms with Crippen molar-refractivity contribution < 1.29 is 4.79 Å². The second kappa shape index (κ2) is 6.40. The number of nitrogens with zero attached hydrogens (tertiary/aromatic N) is 4. The van der Waals surface area contributed by atoms with E-state index in [1.165, 1.54) is 11.0 Å². The van der Waals surface area contributed by atoms with Crippen molar-refractivity contribution in [1.82, 2.24) is 19.4 Å². The fourth-order valence-corrected chi connectivity index (χ4v) is 3.67. The summed E-state index contributed by atoms with van der Waals surface area (Å²) in [4.78, 5) is 25.2. The minimum Gasteiger partial charge on any atom is -0.324 e. The number of carbonyl (C=O) groups excluding carboxylic acids is 1. The zero-order valence-electron chi connectivity index (χ0n) is 15.0. The Kier molecular flexibility index (Phi) is 4.06. The lowest BCUT2D eigenvalue weighted by Gasteiger charge is -2.10. The molecule has 1 aromatic carbocycles. The van der Waals surface area contributed by atoms with Gasteiger partial charge in [-0.3, -0.25) is 9.59 Å². The fraction of sp³-hybridized carbons (Fsp3) is 0.368. The molecule has 2 heterocycles. The molecule has 1 aliphatic carbocycles. The molecule has 1 amide bonds. The molecular weight excluding hydrogens is 330 g/mol. The SMILES string of the molecule is Cc1cc(C)cc(NC(=O)Cn2ncn3nc4c(c3c2=O)CCCC4)c1. The van der Waals surface area contributed by atoms with E-state index in [1.54, 1.807) is 4.52 Å². The molecule has 0 fully saturated rings. The number of carbonyl (C=O) groups is 1. The normalized spacial score (nSPS) is 13.6. The lowest BCUT2D eigenvalue weighted by Crippen LogP contribution is -2.31. The van der Waals surface area contributed by atoms with E-state index in [9.17, 15) is 9.59 Å². The average Bonchev–Trinajstić information content (AvgIpc) is 2.95. The van der Waals surface area contributed by atoms with Crippen LogP contribution in [-0.2, 0) is 24.2 Å². The van der Waals surface area contributed by atoms with Gasteiger partial charge in [0.25, 0.3) is 5.56 Å². The third-order valence-corrected chi connectivity index (χ3v) is 4.72. The van der Waals surface area contributed by atoms with Crippen LogP contribution in [0.3, 0.4) is 0 Å². The quantitative estimate of drug-likeness (QED) is 0.783. The Morgan fingerprint density at radius 3 is 2.65 bits per heavy atom. The second-order valence-electron chi connectivity index (χ2n) is 6.94. The van der Waals surface area contributed by atoms with Crippen LogP contribution in [0.25, 0.3) is 5.52 Å². The van der Waals surface area contributed by atoms with E-state index in [-0.39, 0.29) is 18.0 Å². The molecule has 4 rings (SSSR count). The highest BCUT2D eigenvalue weighted by atomic mass is 16.2. The van der Waals surface area contributed by atoms with Crippen molar-refractivity contribution in [3.05, 3.63) is 57.3 Å². The average molecular weight is 351 g/mol. The van der Waals surface area contributed by atoms with Gasteiger partial charge in [0.15, 0.2) is 0 Å². The third-order valence-electron chi connectivity index (χ3n) is 4.72. The standard InChI is InChI=1S/C19H21N5O2/c1-12-7-13(2)9-14(8-12)21-17(25)10-23-19(26)18-15-5-3-4-6-16(15)22-24(18)11-20-23/h7-9,11H,3-6,10H2,1-2H3,(H,21,25). The van der Waals surface area contributed by atoms with Gasteiger partial charge in [0, 0.05) is 11.3 Å². The van der Waals surface area contributed by atoms with Gasteiger partial charge in [0.05, 0.1) is 5.69 Å². The van der Waals surface area contributed by atoms with Crippen molar-refractivity contribution in [3.8, 4) is 0 Å². The molecule has 26 heavy (non-hydrogen) atoms. The molecule has 1 N–H and O–H groups in total. The number of aryl methyl sites for hydroxylation is 4. The van der Waals surface area contributed by atoms with Crippen LogP contribution in [0.15, 0.2) is 29.3 Å². The monoisotopic (exact) mass is 351 g/mol. The molecule has 0 saturated carbocycles. The number of amides is 1. The number of anilines is 1. The van der Waals surface area contributed by atoms with E-state index in [0.29, 0.717) is 5.52 Å². The number of hydrogen-bond acceptors (Lipinski definition) is 4. The predicted octanol–water partition coefficient (Wildman–Crippen LogP) is 2.03. The van der Waals surface area contributed by atoms with Gasteiger partial charge in [0.2, 0.25) is 5.91 Å². The number of nitrogens with one attached hydrogen (secondary N) is 1. The predicted molar refractivity (Wildman–Crippen MR) is 98.4 cm³/mol. The van der Waals surface area contributed by atoms with Crippen LogP contribution in [0.4, 0.5) is 5.69 Å². The minimum absolute atomic E-state index is 0.123. The molecular formula is C19H21N5O2. The zero-order chi connectivity index (χ0) is 18.3. The smallest absolute Gasteiger partial charge is 0.293 e. The molecule has 0 saturated heterocycles. The molecule has 7 heteroatoms. The molecule has 0 unspecified atom stereocenters. The highest BCUT2D eigenvalue weighted by Crippen LogP contribution is 2.22. The number of aromatic nitrogens is 4. The van der Waals surface area contributed by atoms with Crippen LogP contribution < -0.4 is 10.9 Å². The van der Waals surface area contributed by atoms with E-state index in [4.69, 9.17) is 0 Å². The fourth-order valence-electron chi connectivity index (χ4n) is 3.67. The maximum Gasteiger partial charge on any atom is 0.293 e. The highest BCUT2D eigenvalue weighted by molar-refractivity contribution is 5.90. The summed E-state index contributed by atoms with van der Waals surface area (Å²) in [5, 5.41) is 11.4. The van der Waals surface area contributed by atoms with Gasteiger partial charge in [-0.05, 0) is 62.8 Å². The summed E-state index contributed by atoms with van der Waals surface area (Å²) >= 11 is 0. The Hall–Kier alpha value is -2.96. The Balaban J connectivity index is 1.61. The number of fused-ring (bicyclic) bond motifs is 3. The Bertz CT molecular complexity index is 1040. The molecule has 134 valence electrons. The molecule has 0 atom stereocenters. The topological polar surface area (TPSA) is 81.3 Å². The lowest BCUT2D eigenvalue weighted by atomic mass is 9.97. The maximum atomic E-state index is 12.8. The van der Waals surface area contributed by atoms with E-state index in [0.717, 1.165) is 53.8 Å². The van der Waals surface area contributed by atoms with Gasteiger partial charge < -0.3 is 5.32 Å². The first kappa shape index (κ1) is 16.5. The first-order chi connectivity index (χ1) is 12.5. The van der Waals surface area contributed by atoms with E-state index < -0.39 is 0 Å². The van der Waals surface area contributed by atoms with Crippen LogP contribution in [0, 0.1) is 13.8 Å². The van der Waals surface area contributed by atoms with Crippen molar-refractivity contribution in [3.63, 3.8) is 0 Å². The van der Waals surface area contributed by atoms with Gasteiger partial charge in [-0.25, -0.2) is 9.20 Å². The van der Waals surface area contributed by atoms with Crippen molar-refractivity contribution in [2.24, 2.45) is 0 Å². The number of rotatable bonds is 3. The van der Waals surface area contributed by atoms with Gasteiger partial charge in [-0.15, -0.1) is 0 Å². The Morgan fingerprint density at radius 1 is 1.15 bits per heavy atom. The van der Waals surface area contributed by atoms with Crippen LogP contribution >= 0.6 is 0 Å². The summed E-state index contributed by atoms with van der Waals surface area (Å²) in [5.41, 5.74) is 5.14. The summed E-state index contributed by atoms with van der Waals surface area (Å²) < 4.78 is 2.76. The van der Waals surface area contributed by atoms with Gasteiger partial charge in [0.1, 0.15) is 18.4 Å². The first-order valence-corrected chi connectivity index (χ1v) is 8.85. The Labute approximate surface area is 150 Å². The van der Waals surface area contributed by atoms with Gasteiger partial charge in [-0.2, -0.15) is 10.2 Å². The molecule has 0 radical (unpaired) electrons. The van der Waals surface area contributed by atoms with Crippen LogP contribution in [0.5, 0.6) is 0 Å². The summed E-state index contributed by atoms with van der Waals surface area (Å²) in [5.74, 6) is -0.276. The van der Waals surface area contributed by atoms with Crippen molar-refractivity contribution in [2.45, 2.75) is 46.1 Å². The van der Waals surface area contributed by atoms with E-state index >= 15 is 0 Å². The summed E-state index contributed by atoms with van der Waals surface area (Å²) in [7, 11) is 0. The number of hydrogen-bond donors (Lipinski definition) is 1. The van der Waals surface area contributed by atoms with Gasteiger partial charge in [-0.1, -0.05) is 6.07 Å². The lowest BCUT2D eigenvalue weighted by molar-refractivity contribution is -0.117. The molecule has 0 bridgehead atoms. The maximum absolute atomic E-state index is 12.8. The molecule has 0 aliphatic heterocycles. The highest BCUT2D eigenvalue weighted by Gasteiger charge is 2.20. The Morgan fingerprint density at radius 2 is 1.88 bits per heavy atom. The first-order valence-electron chi connectivity index (χ1n) is 8.85. The van der Waals surface area contributed by atoms with E-state index in [1.807, 2.05) is 32.0 Å². The van der Waals surface area contributed by atoms with Crippen molar-refractivity contribution in [1.29, 1.82) is 0 Å².